The molecule has 0 radical (unpaired) electrons. The molecule has 6 nitrogen and oxygen atoms in total. The van der Waals surface area contributed by atoms with Crippen molar-refractivity contribution in [2.75, 3.05) is 18.5 Å². The number of aryl methyl sites for hydroxylation is 1. The molecule has 1 fully saturated rings. The fourth-order valence-electron chi connectivity index (χ4n) is 1.48. The molecule has 1 aromatic rings. The second-order valence-corrected chi connectivity index (χ2v) is 4.34. The second kappa shape index (κ2) is 4.13. The molecule has 1 aliphatic carbocycles. The van der Waals surface area contributed by atoms with Gasteiger partial charge in [-0.05, 0) is 12.8 Å². The number of amides is 2. The van der Waals surface area contributed by atoms with Gasteiger partial charge in [0.2, 0.25) is 0 Å². The number of rotatable bonds is 4. The fraction of sp³-hybridized carbons (Fsp3) is 0.600. The zero-order valence-electron chi connectivity index (χ0n) is 9.23. The topological polar surface area (TPSA) is 79.2 Å². The molecule has 3 N–H and O–H groups in total. The van der Waals surface area contributed by atoms with E-state index in [-0.39, 0.29) is 18.1 Å². The van der Waals surface area contributed by atoms with Gasteiger partial charge in [0.05, 0.1) is 6.61 Å². The lowest BCUT2D eigenvalue weighted by atomic mass is 10.1. The quantitative estimate of drug-likeness (QED) is 0.689. The normalized spacial score (nSPS) is 16.9. The first-order valence-corrected chi connectivity index (χ1v) is 5.29. The van der Waals surface area contributed by atoms with E-state index in [1.807, 2.05) is 0 Å². The highest BCUT2D eigenvalue weighted by atomic mass is 16.3. The number of nitrogens with one attached hydrogen (secondary N) is 2. The molecule has 2 rings (SSSR count). The number of aromatic nitrogens is 2. The lowest BCUT2D eigenvalue weighted by Crippen LogP contribution is -2.35. The Balaban J connectivity index is 1.76. The first kappa shape index (κ1) is 10.9. The van der Waals surface area contributed by atoms with Gasteiger partial charge in [-0.25, -0.2) is 4.79 Å². The van der Waals surface area contributed by atoms with Crippen molar-refractivity contribution < 1.29 is 9.90 Å². The summed E-state index contributed by atoms with van der Waals surface area (Å²) in [6, 6.07) is 1.44. The van der Waals surface area contributed by atoms with Crippen LogP contribution in [0, 0.1) is 5.41 Å². The molecule has 0 saturated heterocycles. The van der Waals surface area contributed by atoms with Crippen molar-refractivity contribution in [3.8, 4) is 0 Å². The molecule has 88 valence electrons. The molecule has 0 unspecified atom stereocenters. The first-order valence-electron chi connectivity index (χ1n) is 5.29. The Hall–Kier alpha value is -1.56. The summed E-state index contributed by atoms with van der Waals surface area (Å²) in [6.45, 7) is 0.652. The zero-order valence-corrected chi connectivity index (χ0v) is 9.23. The van der Waals surface area contributed by atoms with Crippen LogP contribution >= 0.6 is 0 Å². The largest absolute Gasteiger partial charge is 0.396 e. The number of carbonyl (C=O) groups is 1. The summed E-state index contributed by atoms with van der Waals surface area (Å²) < 4.78 is 1.62. The Labute approximate surface area is 93.6 Å². The molecular weight excluding hydrogens is 208 g/mol. The molecule has 0 aliphatic heterocycles. The van der Waals surface area contributed by atoms with Gasteiger partial charge in [-0.2, -0.15) is 5.10 Å². The highest BCUT2D eigenvalue weighted by molar-refractivity contribution is 5.88. The minimum atomic E-state index is -0.279. The summed E-state index contributed by atoms with van der Waals surface area (Å²) >= 11 is 0. The molecule has 1 aromatic heterocycles. The molecule has 16 heavy (non-hydrogen) atoms. The lowest BCUT2D eigenvalue weighted by Gasteiger charge is -2.12. The minimum Gasteiger partial charge on any atom is -0.396 e. The highest BCUT2D eigenvalue weighted by Gasteiger charge is 2.42. The molecule has 1 heterocycles. The molecule has 0 bridgehead atoms. The van der Waals surface area contributed by atoms with Crippen LogP contribution < -0.4 is 10.6 Å². The van der Waals surface area contributed by atoms with Crippen LogP contribution in [0.4, 0.5) is 10.6 Å². The maximum atomic E-state index is 11.5. The van der Waals surface area contributed by atoms with Gasteiger partial charge in [0.15, 0.2) is 5.82 Å². The Morgan fingerprint density at radius 1 is 1.69 bits per heavy atom. The van der Waals surface area contributed by atoms with Crippen LogP contribution in [0.2, 0.25) is 0 Å². The SMILES string of the molecule is Cn1ccc(NC(=O)NCC2(CO)CC2)n1. The summed E-state index contributed by atoms with van der Waals surface area (Å²) in [4.78, 5) is 11.5. The third-order valence-electron chi connectivity index (χ3n) is 2.87. The maximum Gasteiger partial charge on any atom is 0.320 e. The van der Waals surface area contributed by atoms with Crippen LogP contribution in [-0.2, 0) is 7.05 Å². The minimum absolute atomic E-state index is 0.0680. The van der Waals surface area contributed by atoms with Crippen molar-refractivity contribution in [1.82, 2.24) is 15.1 Å². The van der Waals surface area contributed by atoms with Crippen molar-refractivity contribution in [1.29, 1.82) is 0 Å². The summed E-state index contributed by atoms with van der Waals surface area (Å²) in [5.41, 5.74) is -0.0680. The fourth-order valence-corrected chi connectivity index (χ4v) is 1.48. The number of aliphatic hydroxyl groups excluding tert-OH is 1. The summed E-state index contributed by atoms with van der Waals surface area (Å²) in [7, 11) is 1.79. The van der Waals surface area contributed by atoms with Gasteiger partial charge in [-0.1, -0.05) is 0 Å². The van der Waals surface area contributed by atoms with E-state index in [2.05, 4.69) is 15.7 Å². The van der Waals surface area contributed by atoms with Crippen LogP contribution in [0.1, 0.15) is 12.8 Å². The Bertz CT molecular complexity index is 384. The van der Waals surface area contributed by atoms with Crippen molar-refractivity contribution in [3.63, 3.8) is 0 Å². The Morgan fingerprint density at radius 3 is 2.94 bits per heavy atom. The molecule has 1 saturated carbocycles. The zero-order chi connectivity index (χ0) is 11.6. The Kier molecular flexibility index (Phi) is 2.82. The molecule has 0 spiro atoms. The third-order valence-corrected chi connectivity index (χ3v) is 2.87. The first-order chi connectivity index (χ1) is 7.63. The predicted octanol–water partition coefficient (Wildman–Crippen LogP) is 0.314. The van der Waals surface area contributed by atoms with E-state index in [0.717, 1.165) is 12.8 Å². The van der Waals surface area contributed by atoms with E-state index >= 15 is 0 Å². The van der Waals surface area contributed by atoms with Crippen LogP contribution in [0.25, 0.3) is 0 Å². The second-order valence-electron chi connectivity index (χ2n) is 4.34. The van der Waals surface area contributed by atoms with Gasteiger partial charge < -0.3 is 10.4 Å². The Morgan fingerprint density at radius 2 is 2.44 bits per heavy atom. The number of anilines is 1. The smallest absolute Gasteiger partial charge is 0.320 e. The van der Waals surface area contributed by atoms with Gasteiger partial charge in [-0.15, -0.1) is 0 Å². The van der Waals surface area contributed by atoms with Gasteiger partial charge in [0.25, 0.3) is 0 Å². The standard InChI is InChI=1S/C10H16N4O2/c1-14-5-2-8(13-14)12-9(16)11-6-10(7-15)3-4-10/h2,5,15H,3-4,6-7H2,1H3,(H2,11,12,13,16). The van der Waals surface area contributed by atoms with Crippen molar-refractivity contribution in [3.05, 3.63) is 12.3 Å². The van der Waals surface area contributed by atoms with E-state index in [9.17, 15) is 4.79 Å². The number of hydrogen-bond acceptors (Lipinski definition) is 3. The maximum absolute atomic E-state index is 11.5. The number of carbonyl (C=O) groups excluding carboxylic acids is 1. The number of aliphatic hydroxyl groups is 1. The molecule has 6 heteroatoms. The van der Waals surface area contributed by atoms with Crippen LogP contribution in [-0.4, -0.2) is 34.1 Å². The van der Waals surface area contributed by atoms with E-state index in [1.54, 1.807) is 24.0 Å². The van der Waals surface area contributed by atoms with E-state index in [1.165, 1.54) is 0 Å². The number of urea groups is 1. The molecule has 0 atom stereocenters. The highest BCUT2D eigenvalue weighted by Crippen LogP contribution is 2.44. The van der Waals surface area contributed by atoms with E-state index in [4.69, 9.17) is 5.11 Å². The van der Waals surface area contributed by atoms with Gasteiger partial charge >= 0.3 is 6.03 Å². The summed E-state index contributed by atoms with van der Waals surface area (Å²) in [5, 5.41) is 18.5. The summed E-state index contributed by atoms with van der Waals surface area (Å²) in [6.07, 6.45) is 3.71. The van der Waals surface area contributed by atoms with Crippen molar-refractivity contribution in [2.24, 2.45) is 12.5 Å². The van der Waals surface area contributed by atoms with Crippen molar-refractivity contribution in [2.45, 2.75) is 12.8 Å². The molecule has 2 amide bonds. The molecule has 1 aliphatic rings. The van der Waals surface area contributed by atoms with Gasteiger partial charge in [-0.3, -0.25) is 10.00 Å². The van der Waals surface area contributed by atoms with Crippen LogP contribution in [0.15, 0.2) is 12.3 Å². The van der Waals surface area contributed by atoms with Crippen LogP contribution in [0.5, 0.6) is 0 Å². The lowest BCUT2D eigenvalue weighted by molar-refractivity contribution is 0.206. The summed E-state index contributed by atoms with van der Waals surface area (Å²) in [5.74, 6) is 0.522. The van der Waals surface area contributed by atoms with E-state index in [0.29, 0.717) is 12.4 Å². The average molecular weight is 224 g/mol. The van der Waals surface area contributed by atoms with Crippen molar-refractivity contribution >= 4 is 11.8 Å². The number of hydrogen-bond donors (Lipinski definition) is 3. The average Bonchev–Trinajstić information content (AvgIpc) is 2.95. The van der Waals surface area contributed by atoms with Gasteiger partial charge in [0, 0.05) is 31.3 Å². The predicted molar refractivity (Wildman–Crippen MR) is 59.0 cm³/mol. The van der Waals surface area contributed by atoms with Crippen LogP contribution in [0.3, 0.4) is 0 Å². The van der Waals surface area contributed by atoms with Gasteiger partial charge in [0.1, 0.15) is 0 Å². The molecular formula is C10H16N4O2. The monoisotopic (exact) mass is 224 g/mol. The van der Waals surface area contributed by atoms with E-state index < -0.39 is 0 Å². The number of nitrogens with zero attached hydrogens (tertiary/aromatic N) is 2. The molecule has 0 aromatic carbocycles. The third kappa shape index (κ3) is 2.52.